The third-order valence-electron chi connectivity index (χ3n) is 5.78. The van der Waals surface area contributed by atoms with Crippen molar-refractivity contribution in [3.63, 3.8) is 0 Å². The molecule has 6 nitrogen and oxygen atoms in total. The van der Waals surface area contributed by atoms with E-state index in [1.54, 1.807) is 5.01 Å². The molecule has 33 heavy (non-hydrogen) atoms. The van der Waals surface area contributed by atoms with Crippen molar-refractivity contribution < 1.29 is 14.1 Å². The molecule has 2 aromatic carbocycles. The van der Waals surface area contributed by atoms with Gasteiger partial charge in [-0.05, 0) is 60.7 Å². The molecular formula is C27H33N4O2+. The molecule has 1 aromatic heterocycles. The van der Waals surface area contributed by atoms with Crippen molar-refractivity contribution in [1.82, 2.24) is 0 Å². The SMILES string of the molecule is CCC(CC)c1ccc(Nc2ccc(N(C)/N=C(\C(=O)OC)c3cc[n+](C)cc3)cc2)cc1. The minimum Gasteiger partial charge on any atom is -0.464 e. The summed E-state index contributed by atoms with van der Waals surface area (Å²) in [6.07, 6.45) is 6.04. The fourth-order valence-corrected chi connectivity index (χ4v) is 3.71. The van der Waals surface area contributed by atoms with Crippen molar-refractivity contribution >= 4 is 28.7 Å². The van der Waals surface area contributed by atoms with Crippen LogP contribution < -0.4 is 14.9 Å². The third-order valence-corrected chi connectivity index (χ3v) is 5.78. The number of ether oxygens (including phenoxy) is 1. The highest BCUT2D eigenvalue weighted by atomic mass is 16.5. The lowest BCUT2D eigenvalue weighted by Gasteiger charge is -2.16. The van der Waals surface area contributed by atoms with Crippen LogP contribution in [0.4, 0.5) is 17.1 Å². The highest BCUT2D eigenvalue weighted by Gasteiger charge is 2.17. The van der Waals surface area contributed by atoms with E-state index in [1.165, 1.54) is 12.7 Å². The van der Waals surface area contributed by atoms with Gasteiger partial charge in [-0.15, -0.1) is 0 Å². The summed E-state index contributed by atoms with van der Waals surface area (Å²) in [6, 6.07) is 20.3. The Morgan fingerprint density at radius 3 is 2.03 bits per heavy atom. The van der Waals surface area contributed by atoms with Gasteiger partial charge in [-0.25, -0.2) is 9.36 Å². The number of carbonyl (C=O) groups excluding carboxylic acids is 1. The van der Waals surface area contributed by atoms with E-state index in [1.807, 2.05) is 67.5 Å². The maximum absolute atomic E-state index is 12.3. The molecule has 0 radical (unpaired) electrons. The van der Waals surface area contributed by atoms with E-state index < -0.39 is 5.97 Å². The predicted octanol–water partition coefficient (Wildman–Crippen LogP) is 5.17. The number of hydrazone groups is 1. The number of benzene rings is 2. The Labute approximate surface area is 196 Å². The number of hydrogen-bond acceptors (Lipinski definition) is 5. The number of nitrogens with zero attached hydrogens (tertiary/aromatic N) is 3. The van der Waals surface area contributed by atoms with E-state index in [0.717, 1.165) is 29.9 Å². The minimum absolute atomic E-state index is 0.250. The molecule has 3 rings (SSSR count). The summed E-state index contributed by atoms with van der Waals surface area (Å²) < 4.78 is 6.84. The first kappa shape index (κ1) is 24.0. The zero-order chi connectivity index (χ0) is 23.8. The van der Waals surface area contributed by atoms with Crippen molar-refractivity contribution in [3.05, 3.63) is 84.2 Å². The summed E-state index contributed by atoms with van der Waals surface area (Å²) in [5.41, 5.74) is 5.22. The Morgan fingerprint density at radius 1 is 0.970 bits per heavy atom. The van der Waals surface area contributed by atoms with Crippen LogP contribution in [-0.4, -0.2) is 25.8 Å². The van der Waals surface area contributed by atoms with Gasteiger partial charge in [-0.2, -0.15) is 5.10 Å². The number of nitrogens with one attached hydrogen (secondary N) is 1. The van der Waals surface area contributed by atoms with Gasteiger partial charge in [-0.3, -0.25) is 5.01 Å². The molecule has 0 atom stereocenters. The number of esters is 1. The van der Waals surface area contributed by atoms with Crippen LogP contribution in [0.25, 0.3) is 0 Å². The van der Waals surface area contributed by atoms with Crippen LogP contribution in [0.3, 0.4) is 0 Å². The number of methoxy groups -OCH3 is 1. The summed E-state index contributed by atoms with van der Waals surface area (Å²) in [5.74, 6) is 0.133. The normalized spacial score (nSPS) is 11.4. The molecule has 0 saturated heterocycles. The standard InChI is InChI=1S/C27H33N4O2/c1-6-20(7-2)21-8-10-23(11-9-21)28-24-12-14-25(15-13-24)31(4)29-26(27(32)33-5)22-16-18-30(3)19-17-22/h8-20,28H,6-7H2,1-5H3/q+1. The monoisotopic (exact) mass is 445 g/mol. The maximum Gasteiger partial charge on any atom is 0.359 e. The van der Waals surface area contributed by atoms with E-state index in [-0.39, 0.29) is 5.71 Å². The molecule has 0 spiro atoms. The van der Waals surface area contributed by atoms with Gasteiger partial charge in [0.05, 0.1) is 12.8 Å². The van der Waals surface area contributed by atoms with E-state index >= 15 is 0 Å². The van der Waals surface area contributed by atoms with Crippen molar-refractivity contribution in [3.8, 4) is 0 Å². The molecule has 0 aliphatic rings. The molecule has 6 heteroatoms. The Morgan fingerprint density at radius 2 is 1.52 bits per heavy atom. The molecule has 172 valence electrons. The number of aromatic nitrogens is 1. The highest BCUT2D eigenvalue weighted by molar-refractivity contribution is 6.43. The average Bonchev–Trinajstić information content (AvgIpc) is 2.85. The van der Waals surface area contributed by atoms with E-state index in [4.69, 9.17) is 4.74 Å². The molecule has 0 unspecified atom stereocenters. The van der Waals surface area contributed by atoms with Crippen molar-refractivity contribution in [2.24, 2.45) is 12.1 Å². The molecule has 0 aliphatic heterocycles. The number of hydrogen-bond donors (Lipinski definition) is 1. The largest absolute Gasteiger partial charge is 0.464 e. The summed E-state index contributed by atoms with van der Waals surface area (Å²) in [6.45, 7) is 4.47. The molecule has 0 bridgehead atoms. The topological polar surface area (TPSA) is 57.8 Å². The molecule has 0 aliphatic carbocycles. The average molecular weight is 446 g/mol. The predicted molar refractivity (Wildman–Crippen MR) is 134 cm³/mol. The molecule has 1 N–H and O–H groups in total. The van der Waals surface area contributed by atoms with Crippen LogP contribution in [0.15, 0.2) is 78.2 Å². The van der Waals surface area contributed by atoms with Crippen LogP contribution in [0.5, 0.6) is 0 Å². The third kappa shape index (κ3) is 6.19. The van der Waals surface area contributed by atoms with E-state index in [9.17, 15) is 4.79 Å². The summed E-state index contributed by atoms with van der Waals surface area (Å²) >= 11 is 0. The first-order valence-electron chi connectivity index (χ1n) is 11.3. The highest BCUT2D eigenvalue weighted by Crippen LogP contribution is 2.26. The van der Waals surface area contributed by atoms with Crippen LogP contribution in [0.1, 0.15) is 43.7 Å². The van der Waals surface area contributed by atoms with Crippen molar-refractivity contribution in [1.29, 1.82) is 0 Å². The molecule has 0 amide bonds. The Hall–Kier alpha value is -3.67. The quantitative estimate of drug-likeness (QED) is 0.214. The van der Waals surface area contributed by atoms with Gasteiger partial charge < -0.3 is 10.1 Å². The molecular weight excluding hydrogens is 412 g/mol. The first-order valence-corrected chi connectivity index (χ1v) is 11.3. The summed E-state index contributed by atoms with van der Waals surface area (Å²) in [5, 5.41) is 9.63. The lowest BCUT2D eigenvalue weighted by atomic mass is 9.94. The molecule has 3 aromatic rings. The first-order chi connectivity index (χ1) is 15.9. The fraction of sp³-hybridized carbons (Fsp3) is 0.296. The van der Waals surface area contributed by atoms with Gasteiger partial charge in [0, 0.05) is 36.1 Å². The number of carbonyl (C=O) groups is 1. The molecule has 0 saturated carbocycles. The van der Waals surface area contributed by atoms with Gasteiger partial charge in [0.1, 0.15) is 7.05 Å². The zero-order valence-electron chi connectivity index (χ0n) is 20.1. The lowest BCUT2D eigenvalue weighted by molar-refractivity contribution is -0.671. The van der Waals surface area contributed by atoms with E-state index in [2.05, 4.69) is 48.5 Å². The number of pyridine rings is 1. The summed E-state index contributed by atoms with van der Waals surface area (Å²) in [7, 11) is 5.09. The van der Waals surface area contributed by atoms with Crippen LogP contribution >= 0.6 is 0 Å². The van der Waals surface area contributed by atoms with Crippen molar-refractivity contribution in [2.75, 3.05) is 24.5 Å². The molecule has 0 fully saturated rings. The number of aryl methyl sites for hydroxylation is 1. The Bertz CT molecular complexity index is 1070. The lowest BCUT2D eigenvalue weighted by Crippen LogP contribution is -2.28. The molecule has 1 heterocycles. The maximum atomic E-state index is 12.3. The van der Waals surface area contributed by atoms with Gasteiger partial charge in [0.25, 0.3) is 0 Å². The Balaban J connectivity index is 1.74. The zero-order valence-corrected chi connectivity index (χ0v) is 20.1. The summed E-state index contributed by atoms with van der Waals surface area (Å²) in [4.78, 5) is 12.3. The smallest absolute Gasteiger partial charge is 0.359 e. The van der Waals surface area contributed by atoms with Gasteiger partial charge in [0.2, 0.25) is 0 Å². The second kappa shape index (κ2) is 11.3. The second-order valence-corrected chi connectivity index (χ2v) is 8.02. The van der Waals surface area contributed by atoms with E-state index in [0.29, 0.717) is 11.5 Å². The minimum atomic E-state index is -0.481. The second-order valence-electron chi connectivity index (χ2n) is 8.02. The number of anilines is 3. The Kier molecular flexibility index (Phi) is 8.19. The van der Waals surface area contributed by atoms with Gasteiger partial charge >= 0.3 is 5.97 Å². The van der Waals surface area contributed by atoms with Crippen LogP contribution in [-0.2, 0) is 16.6 Å². The number of rotatable bonds is 9. The van der Waals surface area contributed by atoms with Gasteiger partial charge in [-0.1, -0.05) is 26.0 Å². The van der Waals surface area contributed by atoms with Gasteiger partial charge in [0.15, 0.2) is 18.1 Å². The fourth-order valence-electron chi connectivity index (χ4n) is 3.71. The van der Waals surface area contributed by atoms with Crippen LogP contribution in [0, 0.1) is 0 Å². The van der Waals surface area contributed by atoms with Crippen LogP contribution in [0.2, 0.25) is 0 Å². The van der Waals surface area contributed by atoms with Crippen molar-refractivity contribution in [2.45, 2.75) is 32.6 Å².